The van der Waals surface area contributed by atoms with Gasteiger partial charge in [0.25, 0.3) is 0 Å². The molecule has 1 atom stereocenters. The minimum Gasteiger partial charge on any atom is -0.500 e. The van der Waals surface area contributed by atoms with Gasteiger partial charge in [-0.3, -0.25) is 0 Å². The molecule has 1 unspecified atom stereocenters. The first-order chi connectivity index (χ1) is 12.1. The summed E-state index contributed by atoms with van der Waals surface area (Å²) in [5.74, 6) is 1.10. The third kappa shape index (κ3) is 2.71. The largest absolute Gasteiger partial charge is 0.500 e. The number of rotatable bonds is 3. The normalized spacial score (nSPS) is 20.9. The van der Waals surface area contributed by atoms with E-state index in [1.54, 1.807) is 0 Å². The predicted octanol–water partition coefficient (Wildman–Crippen LogP) is 6.43. The van der Waals surface area contributed by atoms with E-state index in [0.29, 0.717) is 0 Å². The number of nitrogens with one attached hydrogen (secondary N) is 1. The summed E-state index contributed by atoms with van der Waals surface area (Å²) in [5.41, 5.74) is 4.96. The summed E-state index contributed by atoms with van der Waals surface area (Å²) in [7, 11) is 1.81. The Labute approximate surface area is 157 Å². The quantitative estimate of drug-likeness (QED) is 0.542. The Balaban J connectivity index is 1.93. The van der Waals surface area contributed by atoms with Crippen LogP contribution < -0.4 is 0 Å². The smallest absolute Gasteiger partial charge is 0.110 e. The number of aromatic nitrogens is 1. The van der Waals surface area contributed by atoms with Crippen molar-refractivity contribution in [1.82, 2.24) is 4.98 Å². The van der Waals surface area contributed by atoms with Crippen LogP contribution in [-0.4, -0.2) is 12.1 Å². The average molecular weight is 396 g/mol. The van der Waals surface area contributed by atoms with E-state index in [-0.39, 0.29) is 5.41 Å². The van der Waals surface area contributed by atoms with Crippen molar-refractivity contribution in [2.24, 2.45) is 0 Å². The average Bonchev–Trinajstić information content (AvgIpc) is 3.06. The van der Waals surface area contributed by atoms with Gasteiger partial charge >= 0.3 is 0 Å². The number of hydrogen-bond acceptors (Lipinski definition) is 1. The second kappa shape index (κ2) is 6.38. The molecule has 25 heavy (non-hydrogen) atoms. The molecule has 2 aromatic carbocycles. The maximum absolute atomic E-state index is 6.03. The molecule has 1 heterocycles. The number of fused-ring (bicyclic) bond motifs is 1. The van der Waals surface area contributed by atoms with Gasteiger partial charge in [0, 0.05) is 21.6 Å². The predicted molar refractivity (Wildman–Crippen MR) is 108 cm³/mol. The van der Waals surface area contributed by atoms with Crippen LogP contribution >= 0.6 is 15.9 Å². The van der Waals surface area contributed by atoms with Gasteiger partial charge in [0.15, 0.2) is 0 Å². The molecule has 0 saturated heterocycles. The monoisotopic (exact) mass is 395 g/mol. The lowest BCUT2D eigenvalue weighted by molar-refractivity contribution is 0.213. The lowest BCUT2D eigenvalue weighted by Crippen LogP contribution is -2.29. The highest BCUT2D eigenvalue weighted by molar-refractivity contribution is 9.10. The van der Waals surface area contributed by atoms with Gasteiger partial charge < -0.3 is 9.72 Å². The molecule has 4 rings (SSSR count). The first-order valence-corrected chi connectivity index (χ1v) is 9.53. The standard InChI is InChI=1S/C22H22BrNO/c1-22(19-14-24-20-11-10-16(23)13-18(19)20)12-6-9-17(21(22)25-2)15-7-4-3-5-8-15/h3-5,7-8,10-11,13-14,24H,6,9,12H2,1-2H3. The van der Waals surface area contributed by atoms with E-state index in [1.165, 1.54) is 27.6 Å². The van der Waals surface area contributed by atoms with Crippen LogP contribution in [0.3, 0.4) is 0 Å². The highest BCUT2D eigenvalue weighted by Gasteiger charge is 2.39. The van der Waals surface area contributed by atoms with E-state index in [2.05, 4.69) is 82.6 Å². The third-order valence-corrected chi connectivity index (χ3v) is 5.94. The summed E-state index contributed by atoms with van der Waals surface area (Å²) in [6, 6.07) is 17.1. The molecule has 1 aliphatic carbocycles. The molecular weight excluding hydrogens is 374 g/mol. The fraction of sp³-hybridized carbons (Fsp3) is 0.273. The topological polar surface area (TPSA) is 25.0 Å². The van der Waals surface area contributed by atoms with Crippen molar-refractivity contribution in [1.29, 1.82) is 0 Å². The molecule has 1 N–H and O–H groups in total. The van der Waals surface area contributed by atoms with Gasteiger partial charge in [-0.1, -0.05) is 46.3 Å². The van der Waals surface area contributed by atoms with Crippen LogP contribution in [0, 0.1) is 0 Å². The summed E-state index contributed by atoms with van der Waals surface area (Å²) in [4.78, 5) is 3.44. The summed E-state index contributed by atoms with van der Waals surface area (Å²) in [6.07, 6.45) is 5.47. The summed E-state index contributed by atoms with van der Waals surface area (Å²) >= 11 is 3.62. The van der Waals surface area contributed by atoms with E-state index < -0.39 is 0 Å². The van der Waals surface area contributed by atoms with Gasteiger partial charge in [-0.15, -0.1) is 0 Å². The van der Waals surface area contributed by atoms with Crippen molar-refractivity contribution in [3.8, 4) is 0 Å². The van der Waals surface area contributed by atoms with Gasteiger partial charge in [-0.05, 0) is 61.1 Å². The highest BCUT2D eigenvalue weighted by atomic mass is 79.9. The van der Waals surface area contributed by atoms with Gasteiger partial charge in [0.2, 0.25) is 0 Å². The van der Waals surface area contributed by atoms with Crippen molar-refractivity contribution in [2.75, 3.05) is 7.11 Å². The molecule has 0 radical (unpaired) electrons. The third-order valence-electron chi connectivity index (χ3n) is 5.44. The Hall–Kier alpha value is -2.00. The number of hydrogen-bond donors (Lipinski definition) is 1. The number of benzene rings is 2. The Kier molecular flexibility index (Phi) is 4.20. The zero-order valence-corrected chi connectivity index (χ0v) is 16.2. The zero-order chi connectivity index (χ0) is 17.4. The Bertz CT molecular complexity index is 941. The molecule has 0 amide bonds. The van der Waals surface area contributed by atoms with E-state index in [1.807, 2.05) is 7.11 Å². The van der Waals surface area contributed by atoms with Crippen LogP contribution in [0.2, 0.25) is 0 Å². The molecule has 0 spiro atoms. The first kappa shape index (κ1) is 16.5. The van der Waals surface area contributed by atoms with Crippen LogP contribution in [0.1, 0.15) is 37.3 Å². The minimum atomic E-state index is -0.128. The van der Waals surface area contributed by atoms with Crippen molar-refractivity contribution < 1.29 is 4.74 Å². The number of halogens is 1. The van der Waals surface area contributed by atoms with Crippen molar-refractivity contribution in [3.63, 3.8) is 0 Å². The van der Waals surface area contributed by atoms with E-state index in [0.717, 1.165) is 29.5 Å². The lowest BCUT2D eigenvalue weighted by Gasteiger charge is -2.37. The van der Waals surface area contributed by atoms with E-state index >= 15 is 0 Å². The maximum Gasteiger partial charge on any atom is 0.110 e. The Morgan fingerprint density at radius 2 is 1.92 bits per heavy atom. The van der Waals surface area contributed by atoms with E-state index in [4.69, 9.17) is 4.74 Å². The van der Waals surface area contributed by atoms with Crippen molar-refractivity contribution in [2.45, 2.75) is 31.6 Å². The van der Waals surface area contributed by atoms with Crippen molar-refractivity contribution >= 4 is 32.4 Å². The molecular formula is C22H22BrNO. The molecule has 3 aromatic rings. The minimum absolute atomic E-state index is 0.128. The fourth-order valence-corrected chi connectivity index (χ4v) is 4.61. The molecule has 0 aliphatic heterocycles. The molecule has 2 nitrogen and oxygen atoms in total. The van der Waals surface area contributed by atoms with Crippen LogP contribution in [0.15, 0.2) is 65.0 Å². The number of allylic oxidation sites excluding steroid dienone is 2. The molecule has 0 fully saturated rings. The number of H-pyrrole nitrogens is 1. The molecule has 0 saturated carbocycles. The molecule has 1 aliphatic rings. The highest BCUT2D eigenvalue weighted by Crippen LogP contribution is 2.48. The summed E-state index contributed by atoms with van der Waals surface area (Å²) < 4.78 is 7.13. The molecule has 0 bridgehead atoms. The zero-order valence-electron chi connectivity index (χ0n) is 14.6. The van der Waals surface area contributed by atoms with Crippen LogP contribution in [0.25, 0.3) is 16.5 Å². The van der Waals surface area contributed by atoms with Crippen LogP contribution in [0.4, 0.5) is 0 Å². The SMILES string of the molecule is COC1=C(c2ccccc2)CCCC1(C)c1c[nH]c2ccc(Br)cc12. The van der Waals surface area contributed by atoms with Gasteiger partial charge in [-0.25, -0.2) is 0 Å². The molecule has 128 valence electrons. The van der Waals surface area contributed by atoms with Crippen LogP contribution in [0.5, 0.6) is 0 Å². The number of aromatic amines is 1. The van der Waals surface area contributed by atoms with Gasteiger partial charge in [-0.2, -0.15) is 0 Å². The molecule has 3 heteroatoms. The van der Waals surface area contributed by atoms with Gasteiger partial charge in [0.05, 0.1) is 12.5 Å². The summed E-state index contributed by atoms with van der Waals surface area (Å²) in [5, 5.41) is 1.26. The van der Waals surface area contributed by atoms with Gasteiger partial charge in [0.1, 0.15) is 5.76 Å². The Morgan fingerprint density at radius 1 is 1.12 bits per heavy atom. The second-order valence-electron chi connectivity index (χ2n) is 6.96. The summed E-state index contributed by atoms with van der Waals surface area (Å²) in [6.45, 7) is 2.32. The van der Waals surface area contributed by atoms with E-state index in [9.17, 15) is 0 Å². The van der Waals surface area contributed by atoms with Crippen molar-refractivity contribution in [3.05, 3.63) is 76.1 Å². The maximum atomic E-state index is 6.03. The van der Waals surface area contributed by atoms with Crippen LogP contribution in [-0.2, 0) is 10.2 Å². The molecule has 1 aromatic heterocycles. The fourth-order valence-electron chi connectivity index (χ4n) is 4.25. The number of ether oxygens (including phenoxy) is 1. The number of methoxy groups -OCH3 is 1. The second-order valence-corrected chi connectivity index (χ2v) is 7.87. The lowest BCUT2D eigenvalue weighted by atomic mass is 9.70. The Morgan fingerprint density at radius 3 is 2.68 bits per heavy atom. The first-order valence-electron chi connectivity index (χ1n) is 8.73.